The van der Waals surface area contributed by atoms with Gasteiger partial charge in [0, 0.05) is 10.9 Å². The Hall–Kier alpha value is -1.28. The van der Waals surface area contributed by atoms with E-state index in [0.717, 1.165) is 30.9 Å². The van der Waals surface area contributed by atoms with Crippen LogP contribution < -0.4 is 5.32 Å². The lowest BCUT2D eigenvalue weighted by molar-refractivity contribution is 0.481. The van der Waals surface area contributed by atoms with Gasteiger partial charge in [0.05, 0.1) is 6.54 Å². The van der Waals surface area contributed by atoms with Gasteiger partial charge in [0.1, 0.15) is 11.3 Å². The molecule has 0 saturated heterocycles. The fourth-order valence-electron chi connectivity index (χ4n) is 2.46. The summed E-state index contributed by atoms with van der Waals surface area (Å²) in [5, 5.41) is 4.76. The van der Waals surface area contributed by atoms with E-state index in [1.807, 2.05) is 0 Å². The molecular weight excluding hydrogens is 234 g/mol. The maximum Gasteiger partial charge on any atom is 0.134 e. The Kier molecular flexibility index (Phi) is 4.31. The number of benzene rings is 1. The zero-order valence-electron chi connectivity index (χ0n) is 12.8. The van der Waals surface area contributed by atoms with Crippen LogP contribution in [0.1, 0.15) is 43.2 Å². The molecule has 0 bridgehead atoms. The van der Waals surface area contributed by atoms with Crippen LogP contribution in [0.3, 0.4) is 0 Å². The molecule has 0 saturated carbocycles. The minimum absolute atomic E-state index is 0.666. The molecule has 0 radical (unpaired) electrons. The summed E-state index contributed by atoms with van der Waals surface area (Å²) in [7, 11) is 0. The Bertz CT molecular complexity index is 566. The fourth-order valence-corrected chi connectivity index (χ4v) is 2.46. The van der Waals surface area contributed by atoms with Crippen molar-refractivity contribution in [1.29, 1.82) is 0 Å². The third-order valence-corrected chi connectivity index (χ3v) is 3.68. The largest absolute Gasteiger partial charge is 0.459 e. The summed E-state index contributed by atoms with van der Waals surface area (Å²) >= 11 is 0. The van der Waals surface area contributed by atoms with Gasteiger partial charge in [0.15, 0.2) is 0 Å². The highest BCUT2D eigenvalue weighted by molar-refractivity contribution is 5.83. The average molecular weight is 259 g/mol. The van der Waals surface area contributed by atoms with Crippen LogP contribution in [0, 0.1) is 19.8 Å². The van der Waals surface area contributed by atoms with E-state index in [0.29, 0.717) is 5.92 Å². The number of rotatable bonds is 5. The molecule has 19 heavy (non-hydrogen) atoms. The molecule has 0 aliphatic rings. The molecule has 0 atom stereocenters. The van der Waals surface area contributed by atoms with Crippen LogP contribution in [0.25, 0.3) is 11.0 Å². The SMILES string of the molecule is CCc1c(CNCC(C)C)oc2cc(C)c(C)cc12. The molecule has 0 spiro atoms. The first-order valence-electron chi connectivity index (χ1n) is 7.25. The summed E-state index contributed by atoms with van der Waals surface area (Å²) in [5.41, 5.74) is 5.02. The van der Waals surface area contributed by atoms with Crippen molar-refractivity contribution in [3.8, 4) is 0 Å². The van der Waals surface area contributed by atoms with E-state index in [1.54, 1.807) is 0 Å². The summed E-state index contributed by atoms with van der Waals surface area (Å²) in [6.45, 7) is 12.8. The van der Waals surface area contributed by atoms with Gasteiger partial charge in [-0.1, -0.05) is 20.8 Å². The quantitative estimate of drug-likeness (QED) is 0.863. The maximum atomic E-state index is 6.05. The van der Waals surface area contributed by atoms with Crippen molar-refractivity contribution in [2.45, 2.75) is 47.6 Å². The predicted octanol–water partition coefficient (Wildman–Crippen LogP) is 4.36. The molecule has 2 rings (SSSR count). The second-order valence-electron chi connectivity index (χ2n) is 5.81. The summed E-state index contributed by atoms with van der Waals surface area (Å²) < 4.78 is 6.05. The second kappa shape index (κ2) is 5.79. The Morgan fingerprint density at radius 1 is 1.16 bits per heavy atom. The lowest BCUT2D eigenvalue weighted by Gasteiger charge is -2.06. The third-order valence-electron chi connectivity index (χ3n) is 3.68. The van der Waals surface area contributed by atoms with Crippen LogP contribution in [0.4, 0.5) is 0 Å². The Morgan fingerprint density at radius 2 is 1.84 bits per heavy atom. The van der Waals surface area contributed by atoms with Gasteiger partial charge >= 0.3 is 0 Å². The highest BCUT2D eigenvalue weighted by atomic mass is 16.3. The molecule has 104 valence electrons. The highest BCUT2D eigenvalue weighted by Gasteiger charge is 2.13. The molecular formula is C17H25NO. The number of furan rings is 1. The number of fused-ring (bicyclic) bond motifs is 1. The molecule has 0 aliphatic heterocycles. The second-order valence-corrected chi connectivity index (χ2v) is 5.81. The molecule has 1 heterocycles. The number of nitrogens with one attached hydrogen (secondary N) is 1. The first-order chi connectivity index (χ1) is 9.02. The predicted molar refractivity (Wildman–Crippen MR) is 81.6 cm³/mol. The first-order valence-corrected chi connectivity index (χ1v) is 7.25. The van der Waals surface area contributed by atoms with Crippen LogP contribution >= 0.6 is 0 Å². The van der Waals surface area contributed by atoms with Gasteiger partial charge in [-0.05, 0) is 56.0 Å². The molecule has 0 amide bonds. The van der Waals surface area contributed by atoms with E-state index < -0.39 is 0 Å². The van der Waals surface area contributed by atoms with E-state index in [-0.39, 0.29) is 0 Å². The fraction of sp³-hybridized carbons (Fsp3) is 0.529. The molecule has 0 unspecified atom stereocenters. The van der Waals surface area contributed by atoms with E-state index in [4.69, 9.17) is 4.42 Å². The van der Waals surface area contributed by atoms with E-state index in [9.17, 15) is 0 Å². The number of hydrogen-bond donors (Lipinski definition) is 1. The van der Waals surface area contributed by atoms with Gasteiger partial charge in [0.25, 0.3) is 0 Å². The van der Waals surface area contributed by atoms with Crippen LogP contribution in [-0.2, 0) is 13.0 Å². The van der Waals surface area contributed by atoms with Gasteiger partial charge in [-0.3, -0.25) is 0 Å². The zero-order valence-corrected chi connectivity index (χ0v) is 12.8. The van der Waals surface area contributed by atoms with Crippen LogP contribution in [0.2, 0.25) is 0 Å². The highest BCUT2D eigenvalue weighted by Crippen LogP contribution is 2.29. The number of aryl methyl sites for hydroxylation is 3. The van der Waals surface area contributed by atoms with Crippen molar-refractivity contribution in [3.05, 3.63) is 34.6 Å². The smallest absolute Gasteiger partial charge is 0.134 e. The summed E-state index contributed by atoms with van der Waals surface area (Å²) in [6.07, 6.45) is 1.02. The van der Waals surface area contributed by atoms with E-state index in [2.05, 4.69) is 52.1 Å². The Balaban J connectivity index is 2.33. The van der Waals surface area contributed by atoms with E-state index in [1.165, 1.54) is 22.1 Å². The first kappa shape index (κ1) is 14.1. The van der Waals surface area contributed by atoms with Gasteiger partial charge in [0.2, 0.25) is 0 Å². The normalized spacial score (nSPS) is 11.7. The van der Waals surface area contributed by atoms with E-state index >= 15 is 0 Å². The Morgan fingerprint density at radius 3 is 2.47 bits per heavy atom. The lowest BCUT2D eigenvalue weighted by Crippen LogP contribution is -2.19. The van der Waals surface area contributed by atoms with Crippen molar-refractivity contribution >= 4 is 11.0 Å². The minimum Gasteiger partial charge on any atom is -0.459 e. The standard InChI is InChI=1S/C17H25NO/c1-6-14-15-7-12(4)13(5)8-16(15)19-17(14)10-18-9-11(2)3/h7-8,11,18H,6,9-10H2,1-5H3. The molecule has 0 fully saturated rings. The maximum absolute atomic E-state index is 6.05. The summed E-state index contributed by atoms with van der Waals surface area (Å²) in [4.78, 5) is 0. The van der Waals surface area contributed by atoms with Crippen LogP contribution in [0.5, 0.6) is 0 Å². The summed E-state index contributed by atoms with van der Waals surface area (Å²) in [6, 6.07) is 4.43. The van der Waals surface area contributed by atoms with Crippen molar-refractivity contribution in [2.24, 2.45) is 5.92 Å². The molecule has 1 aromatic heterocycles. The van der Waals surface area contributed by atoms with Crippen molar-refractivity contribution in [2.75, 3.05) is 6.54 Å². The molecule has 1 aromatic carbocycles. The third kappa shape index (κ3) is 3.01. The number of hydrogen-bond acceptors (Lipinski definition) is 2. The van der Waals surface area contributed by atoms with Crippen LogP contribution in [0.15, 0.2) is 16.5 Å². The topological polar surface area (TPSA) is 25.2 Å². The Labute approximate surface area is 116 Å². The van der Waals surface area contributed by atoms with Crippen molar-refractivity contribution in [1.82, 2.24) is 5.32 Å². The van der Waals surface area contributed by atoms with Crippen LogP contribution in [-0.4, -0.2) is 6.54 Å². The van der Waals surface area contributed by atoms with Gasteiger partial charge in [-0.15, -0.1) is 0 Å². The molecule has 0 aliphatic carbocycles. The zero-order chi connectivity index (χ0) is 14.0. The van der Waals surface area contributed by atoms with Crippen molar-refractivity contribution < 1.29 is 4.42 Å². The molecule has 1 N–H and O–H groups in total. The average Bonchev–Trinajstić information content (AvgIpc) is 2.66. The van der Waals surface area contributed by atoms with Gasteiger partial charge in [-0.2, -0.15) is 0 Å². The van der Waals surface area contributed by atoms with Gasteiger partial charge in [-0.25, -0.2) is 0 Å². The lowest BCUT2D eigenvalue weighted by atomic mass is 10.0. The minimum atomic E-state index is 0.666. The molecule has 2 aromatic rings. The van der Waals surface area contributed by atoms with Crippen molar-refractivity contribution in [3.63, 3.8) is 0 Å². The molecule has 2 nitrogen and oxygen atoms in total. The monoisotopic (exact) mass is 259 g/mol. The molecule has 2 heteroatoms. The summed E-state index contributed by atoms with van der Waals surface area (Å²) in [5.74, 6) is 1.77. The van der Waals surface area contributed by atoms with Gasteiger partial charge < -0.3 is 9.73 Å².